The van der Waals surface area contributed by atoms with Gasteiger partial charge in [-0.05, 0) is 24.8 Å². The number of carbonyl (C=O) groups excluding carboxylic acids is 1. The number of aryl methyl sites for hydroxylation is 1. The predicted molar refractivity (Wildman–Crippen MR) is 121 cm³/mol. The van der Waals surface area contributed by atoms with Gasteiger partial charge in [0.1, 0.15) is 10.7 Å². The molecule has 0 saturated carbocycles. The minimum Gasteiger partial charge on any atom is -0.374 e. The highest BCUT2D eigenvalue weighted by Gasteiger charge is 2.47. The average molecular weight is 453 g/mol. The first-order chi connectivity index (χ1) is 14.9. The van der Waals surface area contributed by atoms with E-state index in [9.17, 15) is 9.90 Å². The highest BCUT2D eigenvalue weighted by Crippen LogP contribution is 2.38. The number of nitrogens with zero attached hydrogens (tertiary/aromatic N) is 4. The zero-order chi connectivity index (χ0) is 21.8. The van der Waals surface area contributed by atoms with Gasteiger partial charge in [-0.1, -0.05) is 17.3 Å². The molecule has 0 aliphatic carbocycles. The van der Waals surface area contributed by atoms with Crippen LogP contribution in [0.1, 0.15) is 17.7 Å². The van der Waals surface area contributed by atoms with Crippen molar-refractivity contribution in [3.63, 3.8) is 0 Å². The van der Waals surface area contributed by atoms with Gasteiger partial charge in [-0.3, -0.25) is 9.78 Å². The van der Waals surface area contributed by atoms with E-state index in [1.807, 2.05) is 43.8 Å². The van der Waals surface area contributed by atoms with Crippen molar-refractivity contribution in [2.75, 3.05) is 19.8 Å². The Hall–Kier alpha value is -2.75. The van der Waals surface area contributed by atoms with Crippen molar-refractivity contribution in [3.05, 3.63) is 47.9 Å². The van der Waals surface area contributed by atoms with Gasteiger partial charge < -0.3 is 14.5 Å². The fourth-order valence-electron chi connectivity index (χ4n) is 3.80. The second-order valence-electron chi connectivity index (χ2n) is 7.65. The Bertz CT molecular complexity index is 1320. The number of likely N-dealkylation sites (tertiary alicyclic amines) is 1. The maximum absolute atomic E-state index is 12.4. The maximum atomic E-state index is 12.4. The van der Waals surface area contributed by atoms with E-state index in [0.29, 0.717) is 18.7 Å². The summed E-state index contributed by atoms with van der Waals surface area (Å²) in [6.45, 7) is 2.52. The van der Waals surface area contributed by atoms with Crippen molar-refractivity contribution in [2.45, 2.75) is 23.8 Å². The van der Waals surface area contributed by atoms with Crippen LogP contribution in [0, 0.1) is 6.92 Å². The van der Waals surface area contributed by atoms with Gasteiger partial charge in [0.15, 0.2) is 11.4 Å². The smallest absolute Gasteiger partial charge is 0.260 e. The molecular formula is C22H20N4O3S2. The second kappa shape index (κ2) is 7.44. The molecule has 1 aliphatic heterocycles. The quantitative estimate of drug-likeness (QED) is 0.466. The number of benzene rings is 1. The Kier molecular flexibility index (Phi) is 4.84. The molecule has 7 nitrogen and oxygen atoms in total. The molecule has 1 N–H and O–H groups in total. The molecule has 1 atom stereocenters. The molecule has 158 valence electrons. The van der Waals surface area contributed by atoms with E-state index in [-0.39, 0.29) is 11.6 Å². The first-order valence-electron chi connectivity index (χ1n) is 9.76. The maximum Gasteiger partial charge on any atom is 0.260 e. The van der Waals surface area contributed by atoms with Crippen LogP contribution in [-0.4, -0.2) is 50.9 Å². The molecule has 4 heterocycles. The summed E-state index contributed by atoms with van der Waals surface area (Å²) in [6.07, 6.45) is 5.99. The number of carbonyl (C=O) groups is 1. The lowest BCUT2D eigenvalue weighted by Crippen LogP contribution is -2.36. The van der Waals surface area contributed by atoms with E-state index in [4.69, 9.17) is 9.51 Å². The molecule has 1 aromatic carbocycles. The summed E-state index contributed by atoms with van der Waals surface area (Å²) in [5.74, 6) is 0.143. The number of hydrogen-bond acceptors (Lipinski definition) is 8. The third kappa shape index (κ3) is 3.24. The molecule has 1 amide bonds. The number of hydrogen-bond donors (Lipinski definition) is 1. The van der Waals surface area contributed by atoms with Crippen molar-refractivity contribution < 1.29 is 14.4 Å². The minimum atomic E-state index is -1.63. The van der Waals surface area contributed by atoms with Crippen LogP contribution >= 0.6 is 23.1 Å². The number of fused-ring (bicyclic) bond motifs is 1. The number of aliphatic hydroxyl groups is 1. The van der Waals surface area contributed by atoms with E-state index in [1.165, 1.54) is 4.90 Å². The van der Waals surface area contributed by atoms with Crippen LogP contribution in [0.15, 0.2) is 46.1 Å². The molecule has 3 aromatic heterocycles. The van der Waals surface area contributed by atoms with Crippen LogP contribution < -0.4 is 0 Å². The fraction of sp³-hybridized carbons (Fsp3) is 0.273. The number of pyridine rings is 1. The summed E-state index contributed by atoms with van der Waals surface area (Å²) in [5, 5.41) is 15.8. The van der Waals surface area contributed by atoms with Gasteiger partial charge >= 0.3 is 0 Å². The zero-order valence-electron chi connectivity index (χ0n) is 17.2. The molecular weight excluding hydrogens is 432 g/mol. The van der Waals surface area contributed by atoms with Gasteiger partial charge in [0.05, 0.1) is 15.1 Å². The molecule has 1 aliphatic rings. The third-order valence-electron chi connectivity index (χ3n) is 5.69. The predicted octanol–water partition coefficient (Wildman–Crippen LogP) is 4.09. The highest BCUT2D eigenvalue weighted by molar-refractivity contribution is 7.98. The summed E-state index contributed by atoms with van der Waals surface area (Å²) in [6, 6.07) is 7.61. The molecule has 4 aromatic rings. The first kappa shape index (κ1) is 20.2. The van der Waals surface area contributed by atoms with Gasteiger partial charge in [-0.15, -0.1) is 23.1 Å². The normalized spacial score (nSPS) is 19.0. The zero-order valence-corrected chi connectivity index (χ0v) is 18.9. The van der Waals surface area contributed by atoms with E-state index in [1.54, 1.807) is 36.2 Å². The van der Waals surface area contributed by atoms with E-state index in [2.05, 4.69) is 10.1 Å². The summed E-state index contributed by atoms with van der Waals surface area (Å²) >= 11 is 3.23. The molecule has 1 fully saturated rings. The fourth-order valence-corrected chi connectivity index (χ4v) is 5.42. The minimum absolute atomic E-state index is 0.245. The van der Waals surface area contributed by atoms with Gasteiger partial charge in [0.2, 0.25) is 0 Å². The molecule has 5 rings (SSSR count). The van der Waals surface area contributed by atoms with Crippen LogP contribution in [0.25, 0.3) is 32.1 Å². The molecule has 9 heteroatoms. The largest absolute Gasteiger partial charge is 0.374 e. The van der Waals surface area contributed by atoms with E-state index >= 15 is 0 Å². The summed E-state index contributed by atoms with van der Waals surface area (Å²) in [5.41, 5.74) is 2.48. The Balaban J connectivity index is 1.55. The Morgan fingerprint density at radius 3 is 2.87 bits per heavy atom. The molecule has 0 spiro atoms. The second-order valence-corrected chi connectivity index (χ2v) is 9.53. The molecule has 0 unspecified atom stereocenters. The molecule has 0 radical (unpaired) electrons. The SMILES string of the molecule is CSc1cncc2sc(-c3cc(-c4cc([C@]5(O)CCN(C)C5=O)no4)ccc3C)nc12. The standard InChI is InChI=1S/C22H20N4O3S2/c1-12-4-5-13(15-9-18(25-29-15)22(28)6-7-26(2)21(22)27)8-14(12)20-24-19-16(30-3)10-23-11-17(19)31-20/h4-5,8-11,28H,6-7H2,1-3H3/t22-/m1/s1. The number of likely N-dealkylation sites (N-methyl/N-ethyl adjacent to an activating group) is 1. The van der Waals surface area contributed by atoms with Crippen LogP contribution in [-0.2, 0) is 10.4 Å². The van der Waals surface area contributed by atoms with Crippen LogP contribution in [0.2, 0.25) is 0 Å². The summed E-state index contributed by atoms with van der Waals surface area (Å²) in [4.78, 5) is 24.1. The number of amides is 1. The van der Waals surface area contributed by atoms with Gasteiger partial charge in [-0.25, -0.2) is 4.98 Å². The lowest BCUT2D eigenvalue weighted by atomic mass is 9.97. The van der Waals surface area contributed by atoms with Gasteiger partial charge in [0, 0.05) is 49.6 Å². The Morgan fingerprint density at radius 1 is 1.29 bits per heavy atom. The number of thioether (sulfide) groups is 1. The van der Waals surface area contributed by atoms with E-state index in [0.717, 1.165) is 36.8 Å². The van der Waals surface area contributed by atoms with Crippen molar-refractivity contribution in [2.24, 2.45) is 0 Å². The van der Waals surface area contributed by atoms with E-state index < -0.39 is 5.60 Å². The van der Waals surface area contributed by atoms with Crippen molar-refractivity contribution >= 4 is 39.2 Å². The van der Waals surface area contributed by atoms with Crippen molar-refractivity contribution in [1.29, 1.82) is 0 Å². The number of rotatable bonds is 4. The lowest BCUT2D eigenvalue weighted by molar-refractivity contribution is -0.143. The van der Waals surface area contributed by atoms with Crippen molar-refractivity contribution in [1.82, 2.24) is 20.0 Å². The Labute approximate surface area is 187 Å². The van der Waals surface area contributed by atoms with Crippen molar-refractivity contribution in [3.8, 4) is 21.9 Å². The number of aromatic nitrogens is 3. The van der Waals surface area contributed by atoms with Crippen LogP contribution in [0.5, 0.6) is 0 Å². The third-order valence-corrected chi connectivity index (χ3v) is 7.45. The molecule has 1 saturated heterocycles. The van der Waals surface area contributed by atoms with Gasteiger partial charge in [0.25, 0.3) is 5.91 Å². The highest BCUT2D eigenvalue weighted by atomic mass is 32.2. The average Bonchev–Trinajstić information content (AvgIpc) is 3.49. The van der Waals surface area contributed by atoms with Gasteiger partial charge in [-0.2, -0.15) is 0 Å². The first-order valence-corrected chi connectivity index (χ1v) is 11.8. The molecule has 0 bridgehead atoms. The molecule has 31 heavy (non-hydrogen) atoms. The van der Waals surface area contributed by atoms with Crippen LogP contribution in [0.3, 0.4) is 0 Å². The van der Waals surface area contributed by atoms with Crippen LogP contribution in [0.4, 0.5) is 0 Å². The lowest BCUT2D eigenvalue weighted by Gasteiger charge is -2.16. The summed E-state index contributed by atoms with van der Waals surface area (Å²) in [7, 11) is 1.67. The summed E-state index contributed by atoms with van der Waals surface area (Å²) < 4.78 is 6.57. The number of thiazole rings is 1. The topological polar surface area (TPSA) is 92.4 Å². The monoisotopic (exact) mass is 452 g/mol. The Morgan fingerprint density at radius 2 is 2.13 bits per heavy atom.